The van der Waals surface area contributed by atoms with Crippen molar-refractivity contribution in [2.24, 2.45) is 7.05 Å². The summed E-state index contributed by atoms with van der Waals surface area (Å²) in [4.78, 5) is 20.6. The van der Waals surface area contributed by atoms with Gasteiger partial charge in [-0.3, -0.25) is 10.1 Å². The Morgan fingerprint density at radius 1 is 1.67 bits per heavy atom. The Balaban J connectivity index is 2.53. The first kappa shape index (κ1) is 9.19. The molecule has 8 nitrogen and oxygen atoms in total. The number of nitrogens with zero attached hydrogens (tertiary/aromatic N) is 3. The van der Waals surface area contributed by atoms with Gasteiger partial charge < -0.3 is 8.98 Å². The lowest BCUT2D eigenvalue weighted by atomic mass is 10.4. The van der Waals surface area contributed by atoms with Crippen molar-refractivity contribution in [1.82, 2.24) is 14.8 Å². The molecular formula is C7H6N4O4. The molecule has 78 valence electrons. The normalized spacial score (nSPS) is 10.5. The zero-order valence-electron chi connectivity index (χ0n) is 7.63. The van der Waals surface area contributed by atoms with Gasteiger partial charge in [0.2, 0.25) is 0 Å². The van der Waals surface area contributed by atoms with Crippen molar-refractivity contribution in [1.29, 1.82) is 0 Å². The highest BCUT2D eigenvalue weighted by atomic mass is 16.6. The Morgan fingerprint density at radius 2 is 2.40 bits per heavy atom. The third-order valence-corrected chi connectivity index (χ3v) is 1.86. The number of nitrogens with one attached hydrogen (secondary N) is 1. The number of hydrogen-bond donors (Lipinski definition) is 1. The molecule has 2 rings (SSSR count). The molecule has 0 aromatic carbocycles. The summed E-state index contributed by atoms with van der Waals surface area (Å²) < 4.78 is 6.13. The zero-order valence-corrected chi connectivity index (χ0v) is 7.63. The number of nitro groups is 1. The van der Waals surface area contributed by atoms with Gasteiger partial charge in [0, 0.05) is 13.1 Å². The predicted octanol–water partition coefficient (Wildman–Crippen LogP) is 0.277. The maximum Gasteiger partial charge on any atom is 0.434 e. The van der Waals surface area contributed by atoms with Crippen LogP contribution in [-0.4, -0.2) is 19.7 Å². The first-order valence-corrected chi connectivity index (χ1v) is 3.94. The summed E-state index contributed by atoms with van der Waals surface area (Å²) in [5.74, 6) is -0.676. The molecule has 8 heteroatoms. The van der Waals surface area contributed by atoms with Crippen molar-refractivity contribution in [3.8, 4) is 11.6 Å². The van der Waals surface area contributed by atoms with Crippen molar-refractivity contribution in [3.63, 3.8) is 0 Å². The van der Waals surface area contributed by atoms with Gasteiger partial charge in [0.05, 0.1) is 11.1 Å². The maximum absolute atomic E-state index is 10.7. The Labute approximate surface area is 82.3 Å². The fourth-order valence-corrected chi connectivity index (χ4v) is 1.20. The Kier molecular flexibility index (Phi) is 1.89. The summed E-state index contributed by atoms with van der Waals surface area (Å²) >= 11 is 0. The highest BCUT2D eigenvalue weighted by Gasteiger charge is 2.16. The molecule has 2 aromatic rings. The number of aryl methyl sites for hydroxylation is 1. The fourth-order valence-electron chi connectivity index (χ4n) is 1.20. The minimum Gasteiger partial charge on any atom is -0.386 e. The first-order chi connectivity index (χ1) is 7.08. The van der Waals surface area contributed by atoms with Crippen LogP contribution in [0.5, 0.6) is 0 Å². The van der Waals surface area contributed by atoms with E-state index < -0.39 is 10.7 Å². The molecule has 0 unspecified atom stereocenters. The average Bonchev–Trinajstić information content (AvgIpc) is 2.71. The van der Waals surface area contributed by atoms with Crippen LogP contribution in [0, 0.1) is 10.1 Å². The van der Waals surface area contributed by atoms with Crippen molar-refractivity contribution in [2.75, 3.05) is 0 Å². The lowest BCUT2D eigenvalue weighted by Crippen LogP contribution is -1.93. The second-order valence-electron chi connectivity index (χ2n) is 2.87. The van der Waals surface area contributed by atoms with Crippen molar-refractivity contribution < 1.29 is 9.34 Å². The summed E-state index contributed by atoms with van der Waals surface area (Å²) in [6, 6.07) is 1.28. The van der Waals surface area contributed by atoms with E-state index in [1.54, 1.807) is 7.05 Å². The summed E-state index contributed by atoms with van der Waals surface area (Å²) in [6.45, 7) is 0. The van der Waals surface area contributed by atoms with E-state index in [1.165, 1.54) is 16.8 Å². The molecule has 2 heterocycles. The molecule has 0 aliphatic heterocycles. The molecule has 15 heavy (non-hydrogen) atoms. The Hall–Kier alpha value is -2.38. The van der Waals surface area contributed by atoms with Gasteiger partial charge in [-0.15, -0.1) is 5.10 Å². The minimum absolute atomic E-state index is 0.0237. The number of H-pyrrole nitrogens is 1. The van der Waals surface area contributed by atoms with E-state index >= 15 is 0 Å². The molecule has 1 N–H and O–H groups in total. The first-order valence-electron chi connectivity index (χ1n) is 3.94. The number of aromatic nitrogens is 3. The molecule has 0 aliphatic rings. The van der Waals surface area contributed by atoms with E-state index in [1.807, 2.05) is 0 Å². The summed E-state index contributed by atoms with van der Waals surface area (Å²) in [7, 11) is 1.59. The van der Waals surface area contributed by atoms with E-state index in [-0.39, 0.29) is 11.6 Å². The van der Waals surface area contributed by atoms with Gasteiger partial charge in [-0.05, 0) is 0 Å². The summed E-state index contributed by atoms with van der Waals surface area (Å²) in [5.41, 5.74) is 0.276. The minimum atomic E-state index is -0.700. The number of hydrogen-bond acceptors (Lipinski definition) is 5. The van der Waals surface area contributed by atoms with Gasteiger partial charge in [0.1, 0.15) is 5.69 Å². The molecule has 0 spiro atoms. The molecule has 0 bridgehead atoms. The molecule has 0 radical (unpaired) electrons. The largest absolute Gasteiger partial charge is 0.434 e. The van der Waals surface area contributed by atoms with Gasteiger partial charge in [-0.1, -0.05) is 0 Å². The molecule has 0 amide bonds. The van der Waals surface area contributed by atoms with E-state index in [0.717, 1.165) is 0 Å². The van der Waals surface area contributed by atoms with Crippen LogP contribution in [0.3, 0.4) is 0 Å². The third-order valence-electron chi connectivity index (χ3n) is 1.86. The lowest BCUT2D eigenvalue weighted by Gasteiger charge is -1.93. The van der Waals surface area contributed by atoms with Gasteiger partial charge in [0.25, 0.3) is 11.6 Å². The van der Waals surface area contributed by atoms with Gasteiger partial charge in [-0.2, -0.15) is 0 Å². The monoisotopic (exact) mass is 210 g/mol. The molecular weight excluding hydrogens is 204 g/mol. The Morgan fingerprint density at radius 3 is 2.87 bits per heavy atom. The molecule has 0 saturated carbocycles. The SMILES string of the molecule is Cn1cc([N+](=O)[O-])cc1-c1n[nH]c(=O)o1. The smallest absolute Gasteiger partial charge is 0.386 e. The van der Waals surface area contributed by atoms with Crippen LogP contribution < -0.4 is 5.76 Å². The van der Waals surface area contributed by atoms with Crippen LogP contribution >= 0.6 is 0 Å². The highest BCUT2D eigenvalue weighted by Crippen LogP contribution is 2.22. The molecule has 2 aromatic heterocycles. The number of aromatic amines is 1. The van der Waals surface area contributed by atoms with Crippen LogP contribution in [0.15, 0.2) is 21.5 Å². The summed E-state index contributed by atoms with van der Waals surface area (Å²) in [5, 5.41) is 16.1. The van der Waals surface area contributed by atoms with Crippen LogP contribution in [0.1, 0.15) is 0 Å². The van der Waals surface area contributed by atoms with E-state index in [2.05, 4.69) is 14.6 Å². The molecule has 0 aliphatic carbocycles. The lowest BCUT2D eigenvalue weighted by molar-refractivity contribution is -0.384. The highest BCUT2D eigenvalue weighted by molar-refractivity contribution is 5.53. The zero-order chi connectivity index (χ0) is 11.0. The van der Waals surface area contributed by atoms with Crippen LogP contribution in [0.25, 0.3) is 11.6 Å². The fraction of sp³-hybridized carbons (Fsp3) is 0.143. The Bertz CT molecular complexity index is 564. The van der Waals surface area contributed by atoms with E-state index in [0.29, 0.717) is 5.69 Å². The second-order valence-corrected chi connectivity index (χ2v) is 2.87. The van der Waals surface area contributed by atoms with Crippen molar-refractivity contribution >= 4 is 5.69 Å². The second kappa shape index (κ2) is 3.08. The third kappa shape index (κ3) is 1.52. The van der Waals surface area contributed by atoms with Crippen molar-refractivity contribution in [3.05, 3.63) is 32.9 Å². The van der Waals surface area contributed by atoms with Crippen LogP contribution in [0.2, 0.25) is 0 Å². The molecule has 0 fully saturated rings. The van der Waals surface area contributed by atoms with E-state index in [4.69, 9.17) is 0 Å². The molecule has 0 saturated heterocycles. The van der Waals surface area contributed by atoms with E-state index in [9.17, 15) is 14.9 Å². The standard InChI is InChI=1S/C7H6N4O4/c1-10-3-4(11(13)14)2-5(10)6-8-9-7(12)15-6/h2-3H,1H3,(H,9,12). The quantitative estimate of drug-likeness (QED) is 0.565. The number of rotatable bonds is 2. The topological polar surface area (TPSA) is 107 Å². The maximum atomic E-state index is 10.7. The van der Waals surface area contributed by atoms with Crippen molar-refractivity contribution in [2.45, 2.75) is 0 Å². The molecule has 0 atom stereocenters. The van der Waals surface area contributed by atoms with Gasteiger partial charge in [0.15, 0.2) is 0 Å². The predicted molar refractivity (Wildman–Crippen MR) is 48.2 cm³/mol. The van der Waals surface area contributed by atoms with Gasteiger partial charge >= 0.3 is 5.76 Å². The summed E-state index contributed by atoms with van der Waals surface area (Å²) in [6.07, 6.45) is 1.31. The van der Waals surface area contributed by atoms with Crippen LogP contribution in [-0.2, 0) is 7.05 Å². The van der Waals surface area contributed by atoms with Gasteiger partial charge in [-0.25, -0.2) is 9.89 Å². The average molecular weight is 210 g/mol. The van der Waals surface area contributed by atoms with Crippen LogP contribution in [0.4, 0.5) is 5.69 Å².